The van der Waals surface area contributed by atoms with Crippen LogP contribution in [0.3, 0.4) is 0 Å². The molecule has 0 saturated heterocycles. The van der Waals surface area contributed by atoms with E-state index in [2.05, 4.69) is 6.08 Å². The fraction of sp³-hybridized carbons (Fsp3) is 0.769. The largest absolute Gasteiger partial charge is 0.459 e. The van der Waals surface area contributed by atoms with Crippen molar-refractivity contribution in [3.8, 4) is 0 Å². The topological polar surface area (TPSA) is 26.3 Å². The molecule has 0 amide bonds. The van der Waals surface area contributed by atoms with E-state index in [1.807, 2.05) is 40.7 Å². The van der Waals surface area contributed by atoms with E-state index in [1.165, 1.54) is 0 Å². The summed E-state index contributed by atoms with van der Waals surface area (Å²) in [5, 5.41) is 0. The molecule has 1 unspecified atom stereocenters. The first-order chi connectivity index (χ1) is 6.93. The van der Waals surface area contributed by atoms with Crippen LogP contribution in [0.2, 0.25) is 0 Å². The minimum absolute atomic E-state index is 0.00738. The van der Waals surface area contributed by atoms with Gasteiger partial charge in [0.1, 0.15) is 5.60 Å². The monoisotopic (exact) mass is 212 g/mol. The third kappa shape index (κ3) is 6.32. The lowest BCUT2D eigenvalue weighted by atomic mass is 10.0. The first kappa shape index (κ1) is 14.2. The Balaban J connectivity index is 3.99. The second-order valence-corrected chi connectivity index (χ2v) is 4.58. The number of esters is 1. The normalized spacial score (nSPS) is 14.2. The van der Waals surface area contributed by atoms with Crippen molar-refractivity contribution in [2.24, 2.45) is 5.92 Å². The molecule has 0 rings (SSSR count). The second kappa shape index (κ2) is 6.65. The molecule has 0 saturated carbocycles. The third-order valence-electron chi connectivity index (χ3n) is 2.63. The van der Waals surface area contributed by atoms with Crippen molar-refractivity contribution in [2.45, 2.75) is 59.5 Å². The van der Waals surface area contributed by atoms with E-state index in [4.69, 9.17) is 4.74 Å². The van der Waals surface area contributed by atoms with Crippen LogP contribution in [0.4, 0.5) is 0 Å². The molecular formula is C13H24O2. The van der Waals surface area contributed by atoms with Gasteiger partial charge in [-0.1, -0.05) is 26.0 Å². The van der Waals surface area contributed by atoms with Gasteiger partial charge in [0.05, 0.1) is 5.92 Å². The quantitative estimate of drug-likeness (QED) is 0.495. The highest BCUT2D eigenvalue weighted by Crippen LogP contribution is 2.18. The van der Waals surface area contributed by atoms with E-state index in [9.17, 15) is 4.79 Å². The average Bonchev–Trinajstić information content (AvgIpc) is 2.17. The van der Waals surface area contributed by atoms with Crippen molar-refractivity contribution in [1.29, 1.82) is 0 Å². The molecule has 2 heteroatoms. The Bertz CT molecular complexity index is 217. The molecule has 0 aromatic rings. The Morgan fingerprint density at radius 3 is 2.53 bits per heavy atom. The predicted molar refractivity (Wildman–Crippen MR) is 63.7 cm³/mol. The van der Waals surface area contributed by atoms with Crippen LogP contribution >= 0.6 is 0 Å². The van der Waals surface area contributed by atoms with Crippen LogP contribution in [0.25, 0.3) is 0 Å². The molecule has 0 radical (unpaired) electrons. The van der Waals surface area contributed by atoms with E-state index in [0.717, 1.165) is 19.3 Å². The molecule has 88 valence electrons. The fourth-order valence-corrected chi connectivity index (χ4v) is 1.08. The maximum absolute atomic E-state index is 11.7. The van der Waals surface area contributed by atoms with E-state index >= 15 is 0 Å². The Hall–Kier alpha value is -0.790. The fourth-order valence-electron chi connectivity index (χ4n) is 1.08. The zero-order valence-electron chi connectivity index (χ0n) is 10.7. The van der Waals surface area contributed by atoms with Gasteiger partial charge in [0.15, 0.2) is 0 Å². The van der Waals surface area contributed by atoms with Gasteiger partial charge in [0.2, 0.25) is 0 Å². The van der Waals surface area contributed by atoms with Crippen molar-refractivity contribution in [1.82, 2.24) is 0 Å². The van der Waals surface area contributed by atoms with Gasteiger partial charge in [-0.25, -0.2) is 0 Å². The standard InChI is InChI=1S/C13H24O2/c1-6-8-9-10-11(3)12(14)15-13(4,5)7-2/h6,8,11H,7,9-10H2,1-5H3. The van der Waals surface area contributed by atoms with Crippen LogP contribution < -0.4 is 0 Å². The van der Waals surface area contributed by atoms with Gasteiger partial charge in [-0.3, -0.25) is 4.79 Å². The van der Waals surface area contributed by atoms with Gasteiger partial charge in [0.25, 0.3) is 0 Å². The maximum atomic E-state index is 11.7. The summed E-state index contributed by atoms with van der Waals surface area (Å²) in [5.74, 6) is -0.0848. The molecule has 0 aliphatic heterocycles. The molecule has 2 nitrogen and oxygen atoms in total. The zero-order valence-corrected chi connectivity index (χ0v) is 10.7. The summed E-state index contributed by atoms with van der Waals surface area (Å²) in [4.78, 5) is 11.7. The van der Waals surface area contributed by atoms with Crippen LogP contribution in [0.5, 0.6) is 0 Å². The van der Waals surface area contributed by atoms with Crippen molar-refractivity contribution in [3.05, 3.63) is 12.2 Å². The molecule has 0 aliphatic rings. The molecule has 0 aliphatic carbocycles. The van der Waals surface area contributed by atoms with Gasteiger partial charge in [-0.15, -0.1) is 0 Å². The average molecular weight is 212 g/mol. The summed E-state index contributed by atoms with van der Waals surface area (Å²) in [6, 6.07) is 0. The molecule has 0 aromatic carbocycles. The molecule has 0 bridgehead atoms. The Morgan fingerprint density at radius 1 is 1.47 bits per heavy atom. The number of hydrogen-bond donors (Lipinski definition) is 0. The summed E-state index contributed by atoms with van der Waals surface area (Å²) >= 11 is 0. The number of allylic oxidation sites excluding steroid dienone is 2. The highest BCUT2D eigenvalue weighted by molar-refractivity contribution is 5.72. The third-order valence-corrected chi connectivity index (χ3v) is 2.63. The molecule has 0 fully saturated rings. The smallest absolute Gasteiger partial charge is 0.309 e. The molecule has 0 N–H and O–H groups in total. The molecule has 0 spiro atoms. The highest BCUT2D eigenvalue weighted by Gasteiger charge is 2.23. The first-order valence-corrected chi connectivity index (χ1v) is 5.77. The second-order valence-electron chi connectivity index (χ2n) is 4.58. The van der Waals surface area contributed by atoms with Gasteiger partial charge in [-0.05, 0) is 40.0 Å². The molecule has 1 atom stereocenters. The highest BCUT2D eigenvalue weighted by atomic mass is 16.6. The minimum Gasteiger partial charge on any atom is -0.459 e. The lowest BCUT2D eigenvalue weighted by Gasteiger charge is -2.25. The lowest BCUT2D eigenvalue weighted by Crippen LogP contribution is -2.30. The summed E-state index contributed by atoms with van der Waals surface area (Å²) in [7, 11) is 0. The van der Waals surface area contributed by atoms with Gasteiger partial charge >= 0.3 is 5.97 Å². The minimum atomic E-state index is -0.327. The number of carbonyl (C=O) groups is 1. The number of hydrogen-bond acceptors (Lipinski definition) is 2. The Kier molecular flexibility index (Phi) is 6.30. The summed E-state index contributed by atoms with van der Waals surface area (Å²) in [5.41, 5.74) is -0.327. The molecule has 15 heavy (non-hydrogen) atoms. The Morgan fingerprint density at radius 2 is 2.07 bits per heavy atom. The van der Waals surface area contributed by atoms with E-state index in [-0.39, 0.29) is 17.5 Å². The SMILES string of the molecule is CC=CCCC(C)C(=O)OC(C)(C)CC. The first-order valence-electron chi connectivity index (χ1n) is 5.77. The van der Waals surface area contributed by atoms with Crippen LogP contribution in [0.1, 0.15) is 53.9 Å². The molecule has 0 heterocycles. The molecular weight excluding hydrogens is 188 g/mol. The van der Waals surface area contributed by atoms with E-state index < -0.39 is 0 Å². The number of ether oxygens (including phenoxy) is 1. The summed E-state index contributed by atoms with van der Waals surface area (Å²) < 4.78 is 5.42. The van der Waals surface area contributed by atoms with E-state index in [0.29, 0.717) is 0 Å². The van der Waals surface area contributed by atoms with Gasteiger partial charge in [0, 0.05) is 0 Å². The summed E-state index contributed by atoms with van der Waals surface area (Å²) in [6.07, 6.45) is 6.74. The van der Waals surface area contributed by atoms with Crippen molar-refractivity contribution in [3.63, 3.8) is 0 Å². The van der Waals surface area contributed by atoms with E-state index in [1.54, 1.807) is 0 Å². The van der Waals surface area contributed by atoms with Crippen LogP contribution in [-0.4, -0.2) is 11.6 Å². The van der Waals surface area contributed by atoms with Crippen molar-refractivity contribution < 1.29 is 9.53 Å². The molecule has 0 aromatic heterocycles. The van der Waals surface area contributed by atoms with Gasteiger partial charge in [-0.2, -0.15) is 0 Å². The zero-order chi connectivity index (χ0) is 11.9. The number of rotatable bonds is 6. The lowest BCUT2D eigenvalue weighted by molar-refractivity contribution is -0.161. The van der Waals surface area contributed by atoms with Gasteiger partial charge < -0.3 is 4.74 Å². The predicted octanol–water partition coefficient (Wildman–Crippen LogP) is 3.71. The van der Waals surface area contributed by atoms with Crippen LogP contribution in [0.15, 0.2) is 12.2 Å². The summed E-state index contributed by atoms with van der Waals surface area (Å²) in [6.45, 7) is 9.84. The maximum Gasteiger partial charge on any atom is 0.309 e. The van der Waals surface area contributed by atoms with Crippen LogP contribution in [-0.2, 0) is 9.53 Å². The van der Waals surface area contributed by atoms with Crippen LogP contribution in [0, 0.1) is 5.92 Å². The van der Waals surface area contributed by atoms with Crippen molar-refractivity contribution >= 4 is 5.97 Å². The number of carbonyl (C=O) groups excluding carboxylic acids is 1. The Labute approximate surface area is 93.7 Å². The van der Waals surface area contributed by atoms with Crippen molar-refractivity contribution in [2.75, 3.05) is 0 Å².